The van der Waals surface area contributed by atoms with Crippen LogP contribution in [-0.4, -0.2) is 23.9 Å². The molecule has 2 aliphatic heterocycles. The second kappa shape index (κ2) is 4.75. The van der Waals surface area contributed by atoms with Gasteiger partial charge in [0, 0.05) is 5.69 Å². The fraction of sp³-hybridized carbons (Fsp3) is 0.429. The summed E-state index contributed by atoms with van der Waals surface area (Å²) in [6, 6.07) is 3.45. The van der Waals surface area contributed by atoms with Crippen molar-refractivity contribution in [2.75, 3.05) is 17.2 Å². The van der Waals surface area contributed by atoms with Crippen LogP contribution in [0, 0.1) is 0 Å². The summed E-state index contributed by atoms with van der Waals surface area (Å²) in [6.45, 7) is 2.74. The highest BCUT2D eigenvalue weighted by atomic mass is 35.5. The topological polar surface area (TPSA) is 70.2 Å². The first-order valence-electron chi connectivity index (χ1n) is 6.67. The second-order valence-corrected chi connectivity index (χ2v) is 5.94. The molecule has 0 spiro atoms. The van der Waals surface area contributed by atoms with Gasteiger partial charge in [0.15, 0.2) is 0 Å². The summed E-state index contributed by atoms with van der Waals surface area (Å²) in [5, 5.41) is 9.24. The Morgan fingerprint density at radius 2 is 2.25 bits per heavy atom. The highest BCUT2D eigenvalue weighted by molar-refractivity contribution is 6.34. The molecular weight excluding hydrogens is 278 g/mol. The number of halogens is 1. The minimum absolute atomic E-state index is 0.0519. The minimum Gasteiger partial charge on any atom is -0.325 e. The lowest BCUT2D eigenvalue weighted by Gasteiger charge is -2.23. The van der Waals surface area contributed by atoms with E-state index in [-0.39, 0.29) is 11.8 Å². The Hall–Kier alpha value is -1.59. The number of amides is 2. The van der Waals surface area contributed by atoms with Crippen LogP contribution in [0.4, 0.5) is 11.4 Å². The van der Waals surface area contributed by atoms with E-state index in [1.54, 1.807) is 12.1 Å². The van der Waals surface area contributed by atoms with Crippen molar-refractivity contribution >= 4 is 34.8 Å². The second-order valence-electron chi connectivity index (χ2n) is 5.53. The smallest absolute Gasteiger partial charge is 0.244 e. The number of hydrogen-bond donors (Lipinski definition) is 3. The molecule has 2 aliphatic rings. The first-order chi connectivity index (χ1) is 9.48. The molecule has 6 heteroatoms. The van der Waals surface area contributed by atoms with Gasteiger partial charge in [-0.2, -0.15) is 0 Å². The molecule has 1 atom stereocenters. The van der Waals surface area contributed by atoms with E-state index in [0.717, 1.165) is 30.6 Å². The van der Waals surface area contributed by atoms with E-state index in [1.165, 1.54) is 0 Å². The summed E-state index contributed by atoms with van der Waals surface area (Å²) < 4.78 is 0. The fourth-order valence-electron chi connectivity index (χ4n) is 2.69. The van der Waals surface area contributed by atoms with Crippen LogP contribution in [0.25, 0.3) is 0 Å². The van der Waals surface area contributed by atoms with Crippen LogP contribution < -0.4 is 16.0 Å². The molecule has 3 N–H and O–H groups in total. The SMILES string of the molecule is CC1(C(=O)Nc2cc3c(cc2Cl)NC(=O)C3)CCCN1. The van der Waals surface area contributed by atoms with Crippen molar-refractivity contribution in [3.63, 3.8) is 0 Å². The van der Waals surface area contributed by atoms with E-state index in [0.29, 0.717) is 17.1 Å². The zero-order valence-electron chi connectivity index (χ0n) is 11.2. The average Bonchev–Trinajstić information content (AvgIpc) is 2.96. The van der Waals surface area contributed by atoms with Gasteiger partial charge in [0.1, 0.15) is 0 Å². The molecule has 0 aromatic heterocycles. The monoisotopic (exact) mass is 293 g/mol. The first-order valence-corrected chi connectivity index (χ1v) is 7.04. The molecule has 1 aromatic rings. The summed E-state index contributed by atoms with van der Waals surface area (Å²) in [5.41, 5.74) is 1.60. The number of fused-ring (bicyclic) bond motifs is 1. The molecule has 0 aliphatic carbocycles. The molecule has 0 bridgehead atoms. The summed E-state index contributed by atoms with van der Waals surface area (Å²) >= 11 is 6.17. The maximum Gasteiger partial charge on any atom is 0.244 e. The van der Waals surface area contributed by atoms with E-state index < -0.39 is 5.54 Å². The summed E-state index contributed by atoms with van der Waals surface area (Å²) in [5.74, 6) is -0.141. The molecular formula is C14H16ClN3O2. The van der Waals surface area contributed by atoms with Gasteiger partial charge in [0.05, 0.1) is 22.7 Å². The third-order valence-corrected chi connectivity index (χ3v) is 4.25. The van der Waals surface area contributed by atoms with Crippen LogP contribution in [0.15, 0.2) is 12.1 Å². The van der Waals surface area contributed by atoms with E-state index in [9.17, 15) is 9.59 Å². The van der Waals surface area contributed by atoms with Crippen molar-refractivity contribution in [2.45, 2.75) is 31.7 Å². The number of rotatable bonds is 2. The van der Waals surface area contributed by atoms with Gasteiger partial charge in [-0.25, -0.2) is 0 Å². The predicted molar refractivity (Wildman–Crippen MR) is 78.1 cm³/mol. The molecule has 20 heavy (non-hydrogen) atoms. The Morgan fingerprint density at radius 3 is 2.95 bits per heavy atom. The van der Waals surface area contributed by atoms with Crippen LogP contribution in [-0.2, 0) is 16.0 Å². The molecule has 1 unspecified atom stereocenters. The Labute approximate surface area is 122 Å². The number of carbonyl (C=O) groups is 2. The van der Waals surface area contributed by atoms with E-state index in [4.69, 9.17) is 11.6 Å². The molecule has 5 nitrogen and oxygen atoms in total. The average molecular weight is 294 g/mol. The maximum absolute atomic E-state index is 12.3. The molecule has 0 radical (unpaired) electrons. The van der Waals surface area contributed by atoms with Crippen molar-refractivity contribution in [1.82, 2.24) is 5.32 Å². The van der Waals surface area contributed by atoms with Crippen molar-refractivity contribution < 1.29 is 9.59 Å². The maximum atomic E-state index is 12.3. The Morgan fingerprint density at radius 1 is 1.45 bits per heavy atom. The molecule has 2 amide bonds. The van der Waals surface area contributed by atoms with Gasteiger partial charge >= 0.3 is 0 Å². The zero-order chi connectivity index (χ0) is 14.3. The van der Waals surface area contributed by atoms with Crippen LogP contribution in [0.3, 0.4) is 0 Å². The molecule has 1 saturated heterocycles. The zero-order valence-corrected chi connectivity index (χ0v) is 11.9. The Kier molecular flexibility index (Phi) is 3.18. The van der Waals surface area contributed by atoms with Gasteiger partial charge < -0.3 is 16.0 Å². The van der Waals surface area contributed by atoms with Gasteiger partial charge in [-0.15, -0.1) is 0 Å². The van der Waals surface area contributed by atoms with Crippen LogP contribution in [0.1, 0.15) is 25.3 Å². The Bertz CT molecular complexity index is 594. The summed E-state index contributed by atoms with van der Waals surface area (Å²) in [7, 11) is 0. The standard InChI is InChI=1S/C14H16ClN3O2/c1-14(3-2-4-16-14)13(20)18-11-5-8-6-12(19)17-10(8)7-9(11)15/h5,7,16H,2-4,6H2,1H3,(H,17,19)(H,18,20). The summed E-state index contributed by atoms with van der Waals surface area (Å²) in [4.78, 5) is 23.7. The van der Waals surface area contributed by atoms with Crippen LogP contribution in [0.2, 0.25) is 5.02 Å². The van der Waals surface area contributed by atoms with E-state index >= 15 is 0 Å². The normalized spacial score (nSPS) is 24.4. The van der Waals surface area contributed by atoms with Gasteiger partial charge in [-0.1, -0.05) is 11.6 Å². The van der Waals surface area contributed by atoms with Crippen molar-refractivity contribution in [1.29, 1.82) is 0 Å². The quantitative estimate of drug-likeness (QED) is 0.780. The molecule has 1 aromatic carbocycles. The first kappa shape index (κ1) is 13.4. The summed E-state index contributed by atoms with van der Waals surface area (Å²) in [6.07, 6.45) is 2.12. The largest absolute Gasteiger partial charge is 0.325 e. The predicted octanol–water partition coefficient (Wildman–Crippen LogP) is 1.92. The molecule has 0 saturated carbocycles. The number of anilines is 2. The van der Waals surface area contributed by atoms with Crippen molar-refractivity contribution in [3.8, 4) is 0 Å². The van der Waals surface area contributed by atoms with Gasteiger partial charge in [-0.05, 0) is 44.0 Å². The Balaban J connectivity index is 1.83. The lowest BCUT2D eigenvalue weighted by molar-refractivity contribution is -0.121. The van der Waals surface area contributed by atoms with Crippen molar-refractivity contribution in [2.24, 2.45) is 0 Å². The number of carbonyl (C=O) groups excluding carboxylic acids is 2. The van der Waals surface area contributed by atoms with Gasteiger partial charge in [0.2, 0.25) is 11.8 Å². The number of hydrogen-bond acceptors (Lipinski definition) is 3. The molecule has 1 fully saturated rings. The third-order valence-electron chi connectivity index (χ3n) is 3.94. The van der Waals surface area contributed by atoms with Gasteiger partial charge in [-0.3, -0.25) is 9.59 Å². The van der Waals surface area contributed by atoms with Crippen LogP contribution >= 0.6 is 11.6 Å². The van der Waals surface area contributed by atoms with Crippen LogP contribution in [0.5, 0.6) is 0 Å². The van der Waals surface area contributed by atoms with Crippen molar-refractivity contribution in [3.05, 3.63) is 22.7 Å². The molecule has 106 valence electrons. The highest BCUT2D eigenvalue weighted by Gasteiger charge is 2.36. The lowest BCUT2D eigenvalue weighted by Crippen LogP contribution is -2.48. The third kappa shape index (κ3) is 2.27. The molecule has 2 heterocycles. The lowest BCUT2D eigenvalue weighted by atomic mass is 9.99. The van der Waals surface area contributed by atoms with E-state index in [2.05, 4.69) is 16.0 Å². The minimum atomic E-state index is -0.545. The van der Waals surface area contributed by atoms with Gasteiger partial charge in [0.25, 0.3) is 0 Å². The van der Waals surface area contributed by atoms with E-state index in [1.807, 2.05) is 6.92 Å². The fourth-order valence-corrected chi connectivity index (χ4v) is 2.90. The molecule has 3 rings (SSSR count). The number of benzene rings is 1. The number of nitrogens with one attached hydrogen (secondary N) is 3. The highest BCUT2D eigenvalue weighted by Crippen LogP contribution is 2.33.